The van der Waals surface area contributed by atoms with Crippen LogP contribution in [0.15, 0.2) is 11.6 Å². The average Bonchev–Trinajstić information content (AvgIpc) is 2.56. The van der Waals surface area contributed by atoms with Crippen molar-refractivity contribution in [1.82, 2.24) is 4.90 Å². The van der Waals surface area contributed by atoms with E-state index in [2.05, 4.69) is 0 Å². The molecule has 0 aromatic heterocycles. The fourth-order valence-electron chi connectivity index (χ4n) is 2.58. The predicted octanol–water partition coefficient (Wildman–Crippen LogP) is 3.26. The molecule has 0 aliphatic carbocycles. The standard InChI is InChI=1S/C17H29NO5/c1-9-21-14(19)11(2)10-13-12(3)22-17(7,8)18(13)15(20)23-16(4,5)6/h10,12-13H,9H2,1-8H3/b11-10-. The van der Waals surface area contributed by atoms with Crippen molar-refractivity contribution in [2.24, 2.45) is 0 Å². The highest BCUT2D eigenvalue weighted by molar-refractivity contribution is 5.88. The zero-order chi connectivity index (χ0) is 18.0. The highest BCUT2D eigenvalue weighted by Gasteiger charge is 2.48. The first-order valence-corrected chi connectivity index (χ1v) is 7.94. The number of rotatable bonds is 3. The zero-order valence-corrected chi connectivity index (χ0v) is 15.4. The molecule has 0 aromatic carbocycles. The van der Waals surface area contributed by atoms with Gasteiger partial charge < -0.3 is 14.2 Å². The van der Waals surface area contributed by atoms with E-state index in [1.165, 1.54) is 4.90 Å². The summed E-state index contributed by atoms with van der Waals surface area (Å²) in [5.41, 5.74) is -0.986. The Hall–Kier alpha value is -1.56. The number of carbonyl (C=O) groups excluding carboxylic acids is 2. The smallest absolute Gasteiger partial charge is 0.413 e. The van der Waals surface area contributed by atoms with Crippen molar-refractivity contribution in [1.29, 1.82) is 0 Å². The summed E-state index contributed by atoms with van der Waals surface area (Å²) in [5, 5.41) is 0. The van der Waals surface area contributed by atoms with Crippen LogP contribution in [0.25, 0.3) is 0 Å². The van der Waals surface area contributed by atoms with Crippen molar-refractivity contribution < 1.29 is 23.8 Å². The number of hydrogen-bond donors (Lipinski definition) is 0. The molecule has 1 aliphatic rings. The molecule has 1 fully saturated rings. The Bertz CT molecular complexity index is 490. The molecule has 2 atom stereocenters. The lowest BCUT2D eigenvalue weighted by Gasteiger charge is -2.34. The van der Waals surface area contributed by atoms with Crippen molar-refractivity contribution >= 4 is 12.1 Å². The summed E-state index contributed by atoms with van der Waals surface area (Å²) in [6, 6.07) is -0.399. The van der Waals surface area contributed by atoms with E-state index in [4.69, 9.17) is 14.2 Å². The molecule has 0 aromatic rings. The number of nitrogens with zero attached hydrogens (tertiary/aromatic N) is 1. The molecule has 0 radical (unpaired) electrons. The lowest BCUT2D eigenvalue weighted by atomic mass is 10.1. The Kier molecular flexibility index (Phi) is 5.85. The Morgan fingerprint density at radius 1 is 1.30 bits per heavy atom. The fraction of sp³-hybridized carbons (Fsp3) is 0.765. The normalized spacial score (nSPS) is 24.5. The molecule has 1 amide bonds. The Morgan fingerprint density at radius 3 is 2.35 bits per heavy atom. The van der Waals surface area contributed by atoms with E-state index in [0.29, 0.717) is 12.2 Å². The SMILES string of the molecule is CCOC(=O)/C(C)=C\C1C(C)OC(C)(C)N1C(=O)OC(C)(C)C. The summed E-state index contributed by atoms with van der Waals surface area (Å²) in [6.45, 7) is 14.6. The molecule has 0 saturated carbocycles. The summed E-state index contributed by atoms with van der Waals surface area (Å²) in [7, 11) is 0. The Balaban J connectivity index is 3.09. The average molecular weight is 327 g/mol. The van der Waals surface area contributed by atoms with E-state index in [9.17, 15) is 9.59 Å². The number of amides is 1. The fourth-order valence-corrected chi connectivity index (χ4v) is 2.58. The number of ether oxygens (including phenoxy) is 3. The van der Waals surface area contributed by atoms with Gasteiger partial charge in [0.2, 0.25) is 0 Å². The third-order valence-electron chi connectivity index (χ3n) is 3.44. The van der Waals surface area contributed by atoms with E-state index in [1.807, 2.05) is 27.7 Å². The predicted molar refractivity (Wildman–Crippen MR) is 86.9 cm³/mol. The van der Waals surface area contributed by atoms with Crippen LogP contribution >= 0.6 is 0 Å². The maximum absolute atomic E-state index is 12.6. The molecule has 1 rings (SSSR count). The highest BCUT2D eigenvalue weighted by atomic mass is 16.6. The monoisotopic (exact) mass is 327 g/mol. The third kappa shape index (κ3) is 4.96. The van der Waals surface area contributed by atoms with Crippen LogP contribution in [0.4, 0.5) is 4.79 Å². The van der Waals surface area contributed by atoms with Crippen molar-refractivity contribution in [2.45, 2.75) is 78.9 Å². The van der Waals surface area contributed by atoms with E-state index >= 15 is 0 Å². The van der Waals surface area contributed by atoms with Crippen LogP contribution in [-0.4, -0.2) is 47.0 Å². The number of hydrogen-bond acceptors (Lipinski definition) is 5. The molecule has 1 aliphatic heterocycles. The van der Waals surface area contributed by atoms with Gasteiger partial charge in [-0.1, -0.05) is 0 Å². The molecule has 0 N–H and O–H groups in total. The van der Waals surface area contributed by atoms with Crippen LogP contribution in [0, 0.1) is 0 Å². The zero-order valence-electron chi connectivity index (χ0n) is 15.4. The molecule has 23 heavy (non-hydrogen) atoms. The minimum atomic E-state index is -0.822. The van der Waals surface area contributed by atoms with Crippen LogP contribution in [0.5, 0.6) is 0 Å². The van der Waals surface area contributed by atoms with Crippen molar-refractivity contribution in [3.05, 3.63) is 11.6 Å². The van der Waals surface area contributed by atoms with E-state index in [1.54, 1.807) is 33.8 Å². The van der Waals surface area contributed by atoms with E-state index in [-0.39, 0.29) is 6.10 Å². The minimum absolute atomic E-state index is 0.262. The highest BCUT2D eigenvalue weighted by Crippen LogP contribution is 2.34. The molecule has 0 bridgehead atoms. The lowest BCUT2D eigenvalue weighted by Crippen LogP contribution is -2.49. The molecule has 132 valence electrons. The molecule has 1 saturated heterocycles. The first kappa shape index (κ1) is 19.5. The van der Waals surface area contributed by atoms with Crippen molar-refractivity contribution in [2.75, 3.05) is 6.61 Å². The summed E-state index contributed by atoms with van der Waals surface area (Å²) in [4.78, 5) is 26.0. The van der Waals surface area contributed by atoms with Crippen molar-refractivity contribution in [3.63, 3.8) is 0 Å². The van der Waals surface area contributed by atoms with Gasteiger partial charge in [-0.15, -0.1) is 0 Å². The topological polar surface area (TPSA) is 65.1 Å². The minimum Gasteiger partial charge on any atom is -0.463 e. The maximum Gasteiger partial charge on any atom is 0.413 e. The van der Waals surface area contributed by atoms with Crippen molar-refractivity contribution in [3.8, 4) is 0 Å². The third-order valence-corrected chi connectivity index (χ3v) is 3.44. The van der Waals surface area contributed by atoms with Gasteiger partial charge in [0, 0.05) is 5.57 Å². The second-order valence-corrected chi connectivity index (χ2v) is 7.18. The summed E-state index contributed by atoms with van der Waals surface area (Å²) < 4.78 is 16.4. The van der Waals surface area contributed by atoms with Crippen LogP contribution in [0.2, 0.25) is 0 Å². The second-order valence-electron chi connectivity index (χ2n) is 7.18. The summed E-state index contributed by atoms with van der Waals surface area (Å²) >= 11 is 0. The molecule has 2 unspecified atom stereocenters. The Labute approximate surface area is 138 Å². The van der Waals surface area contributed by atoms with Gasteiger partial charge in [-0.2, -0.15) is 0 Å². The molecule has 6 heteroatoms. The van der Waals surface area contributed by atoms with Crippen LogP contribution in [-0.2, 0) is 19.0 Å². The van der Waals surface area contributed by atoms with Gasteiger partial charge in [-0.05, 0) is 61.5 Å². The first-order chi connectivity index (χ1) is 10.4. The summed E-state index contributed by atoms with van der Waals surface area (Å²) in [5.74, 6) is -0.395. The van der Waals surface area contributed by atoms with Crippen LogP contribution < -0.4 is 0 Å². The lowest BCUT2D eigenvalue weighted by molar-refractivity contribution is -0.138. The maximum atomic E-state index is 12.6. The van der Waals surface area contributed by atoms with Gasteiger partial charge in [-0.3, -0.25) is 4.90 Å². The van der Waals surface area contributed by atoms with Crippen LogP contribution in [0.1, 0.15) is 55.4 Å². The summed E-state index contributed by atoms with van der Waals surface area (Å²) in [6.07, 6.45) is 0.980. The van der Waals surface area contributed by atoms with E-state index in [0.717, 1.165) is 0 Å². The van der Waals surface area contributed by atoms with Gasteiger partial charge in [0.15, 0.2) is 0 Å². The quantitative estimate of drug-likeness (QED) is 0.588. The number of esters is 1. The van der Waals surface area contributed by atoms with Crippen LogP contribution in [0.3, 0.4) is 0 Å². The number of carbonyl (C=O) groups is 2. The molecule has 0 spiro atoms. The Morgan fingerprint density at radius 2 is 1.87 bits per heavy atom. The van der Waals surface area contributed by atoms with Gasteiger partial charge in [0.25, 0.3) is 0 Å². The van der Waals surface area contributed by atoms with Gasteiger partial charge in [0.1, 0.15) is 11.3 Å². The molecule has 1 heterocycles. The van der Waals surface area contributed by atoms with E-state index < -0.39 is 29.4 Å². The first-order valence-electron chi connectivity index (χ1n) is 7.94. The molecular weight excluding hydrogens is 298 g/mol. The largest absolute Gasteiger partial charge is 0.463 e. The van der Waals surface area contributed by atoms with Gasteiger partial charge >= 0.3 is 12.1 Å². The van der Waals surface area contributed by atoms with Gasteiger partial charge in [-0.25, -0.2) is 9.59 Å². The molecule has 6 nitrogen and oxygen atoms in total. The molecular formula is C17H29NO5. The second kappa shape index (κ2) is 6.91. The van der Waals surface area contributed by atoms with Gasteiger partial charge in [0.05, 0.1) is 18.8 Å².